The molecule has 0 saturated heterocycles. The number of nitriles is 1. The Morgan fingerprint density at radius 3 is 2.48 bits per heavy atom. The summed E-state index contributed by atoms with van der Waals surface area (Å²) in [5.74, 6) is 0.497. The Labute approximate surface area is 157 Å². The minimum absolute atomic E-state index is 0.305. The average Bonchev–Trinajstić information content (AvgIpc) is 2.73. The van der Waals surface area contributed by atoms with Crippen molar-refractivity contribution in [3.8, 4) is 11.8 Å². The molecule has 3 rings (SSSR count). The highest BCUT2D eigenvalue weighted by Gasteiger charge is 2.08. The first-order valence-corrected chi connectivity index (χ1v) is 8.32. The van der Waals surface area contributed by atoms with Crippen LogP contribution in [0.1, 0.15) is 21.6 Å². The molecule has 2 aromatic carbocycles. The number of hydrogen-bond acceptors (Lipinski definition) is 5. The van der Waals surface area contributed by atoms with Crippen molar-refractivity contribution in [2.75, 3.05) is 17.7 Å². The molecule has 0 unspecified atom stereocenters. The van der Waals surface area contributed by atoms with E-state index in [0.29, 0.717) is 23.5 Å². The Balaban J connectivity index is 1.63. The van der Waals surface area contributed by atoms with E-state index >= 15 is 0 Å². The third-order valence-electron chi connectivity index (χ3n) is 3.92. The topological polar surface area (TPSA) is 87.0 Å². The Morgan fingerprint density at radius 1 is 1.07 bits per heavy atom. The number of pyridine rings is 1. The molecule has 0 aliphatic rings. The number of rotatable bonds is 6. The highest BCUT2D eigenvalue weighted by atomic mass is 16.5. The summed E-state index contributed by atoms with van der Waals surface area (Å²) in [5.41, 5.74) is 3.34. The maximum Gasteiger partial charge on any atom is 0.274 e. The summed E-state index contributed by atoms with van der Waals surface area (Å²) in [6.07, 6.45) is 1.59. The lowest BCUT2D eigenvalue weighted by molar-refractivity contribution is 0.102. The Bertz CT molecular complexity index is 961. The number of amides is 1. The van der Waals surface area contributed by atoms with Crippen LogP contribution in [0.3, 0.4) is 0 Å². The van der Waals surface area contributed by atoms with Gasteiger partial charge in [-0.15, -0.1) is 0 Å². The monoisotopic (exact) mass is 358 g/mol. The summed E-state index contributed by atoms with van der Waals surface area (Å²) in [7, 11) is 1.63. The van der Waals surface area contributed by atoms with E-state index in [2.05, 4.69) is 15.6 Å². The Hall–Kier alpha value is -3.85. The fourth-order valence-electron chi connectivity index (χ4n) is 2.44. The van der Waals surface area contributed by atoms with Gasteiger partial charge in [-0.1, -0.05) is 12.1 Å². The minimum atomic E-state index is -0.312. The second kappa shape index (κ2) is 8.50. The quantitative estimate of drug-likeness (QED) is 0.699. The largest absolute Gasteiger partial charge is 0.497 e. The lowest BCUT2D eigenvalue weighted by atomic mass is 10.2. The number of methoxy groups -OCH3 is 1. The summed E-state index contributed by atoms with van der Waals surface area (Å²) in [6, 6.07) is 20.0. The van der Waals surface area contributed by atoms with Crippen molar-refractivity contribution >= 4 is 17.3 Å². The molecule has 1 amide bonds. The number of ether oxygens (including phenoxy) is 1. The first-order valence-electron chi connectivity index (χ1n) is 8.32. The predicted molar refractivity (Wildman–Crippen MR) is 104 cm³/mol. The van der Waals surface area contributed by atoms with E-state index in [9.17, 15) is 4.79 Å². The number of carbonyl (C=O) groups excluding carboxylic acids is 1. The van der Waals surface area contributed by atoms with Gasteiger partial charge in [-0.05, 0) is 54.1 Å². The SMILES string of the molecule is COc1ccc(CNc2ccnc(C(=O)Nc3ccc(C#N)cc3)c2)cc1. The first kappa shape index (κ1) is 18.0. The van der Waals surface area contributed by atoms with Crippen molar-refractivity contribution in [3.05, 3.63) is 83.7 Å². The van der Waals surface area contributed by atoms with Crippen LogP contribution in [0.15, 0.2) is 66.9 Å². The van der Waals surface area contributed by atoms with Gasteiger partial charge in [0.05, 0.1) is 18.7 Å². The molecule has 0 bridgehead atoms. The summed E-state index contributed by atoms with van der Waals surface area (Å²) >= 11 is 0. The molecule has 6 nitrogen and oxygen atoms in total. The molecule has 0 spiro atoms. The van der Waals surface area contributed by atoms with Gasteiger partial charge in [0.1, 0.15) is 11.4 Å². The molecule has 2 N–H and O–H groups in total. The summed E-state index contributed by atoms with van der Waals surface area (Å²) in [5, 5.41) is 14.9. The molecule has 0 fully saturated rings. The van der Waals surface area contributed by atoms with Crippen LogP contribution in [-0.4, -0.2) is 18.0 Å². The molecule has 27 heavy (non-hydrogen) atoms. The van der Waals surface area contributed by atoms with Gasteiger partial charge in [0.15, 0.2) is 0 Å². The molecule has 0 aliphatic carbocycles. The fourth-order valence-corrected chi connectivity index (χ4v) is 2.44. The van der Waals surface area contributed by atoms with E-state index in [1.807, 2.05) is 36.4 Å². The van der Waals surface area contributed by atoms with Crippen LogP contribution in [0.2, 0.25) is 0 Å². The van der Waals surface area contributed by atoms with Gasteiger partial charge < -0.3 is 15.4 Å². The maximum absolute atomic E-state index is 12.4. The highest BCUT2D eigenvalue weighted by molar-refractivity contribution is 6.03. The molecular formula is C21H18N4O2. The van der Waals surface area contributed by atoms with E-state index in [1.54, 1.807) is 43.6 Å². The molecule has 0 saturated carbocycles. The molecule has 0 aliphatic heterocycles. The molecule has 1 aromatic heterocycles. The predicted octanol–water partition coefficient (Wildman–Crippen LogP) is 3.83. The Kier molecular flexibility index (Phi) is 5.65. The standard InChI is InChI=1S/C21H18N4O2/c1-27-19-8-4-16(5-9-19)14-24-18-10-11-23-20(12-18)21(26)25-17-6-2-15(13-22)3-7-17/h2-12H,14H2,1H3,(H,23,24)(H,25,26). The first-order chi connectivity index (χ1) is 13.2. The van der Waals surface area contributed by atoms with Crippen molar-refractivity contribution in [3.63, 3.8) is 0 Å². The highest BCUT2D eigenvalue weighted by Crippen LogP contribution is 2.15. The van der Waals surface area contributed by atoms with Crippen LogP contribution >= 0.6 is 0 Å². The normalized spacial score (nSPS) is 9.93. The van der Waals surface area contributed by atoms with E-state index in [4.69, 9.17) is 10.00 Å². The van der Waals surface area contributed by atoms with Crippen molar-refractivity contribution in [2.45, 2.75) is 6.54 Å². The average molecular weight is 358 g/mol. The molecule has 1 heterocycles. The van der Waals surface area contributed by atoms with Crippen LogP contribution in [0.5, 0.6) is 5.75 Å². The molecule has 134 valence electrons. The van der Waals surface area contributed by atoms with Crippen molar-refractivity contribution in [2.24, 2.45) is 0 Å². The molecule has 0 atom stereocenters. The van der Waals surface area contributed by atoms with Crippen molar-refractivity contribution < 1.29 is 9.53 Å². The maximum atomic E-state index is 12.4. The molecule has 3 aromatic rings. The summed E-state index contributed by atoms with van der Waals surface area (Å²) in [4.78, 5) is 16.5. The van der Waals surface area contributed by atoms with Gasteiger partial charge in [0.2, 0.25) is 0 Å². The smallest absolute Gasteiger partial charge is 0.274 e. The third kappa shape index (κ3) is 4.83. The van der Waals surface area contributed by atoms with Crippen LogP contribution in [0, 0.1) is 11.3 Å². The van der Waals surface area contributed by atoms with Crippen LogP contribution in [-0.2, 0) is 6.54 Å². The zero-order valence-electron chi connectivity index (χ0n) is 14.8. The van der Waals surface area contributed by atoms with Gasteiger partial charge in [-0.3, -0.25) is 9.78 Å². The number of nitrogens with one attached hydrogen (secondary N) is 2. The van der Waals surface area contributed by atoms with Crippen LogP contribution < -0.4 is 15.4 Å². The van der Waals surface area contributed by atoms with E-state index in [-0.39, 0.29) is 5.91 Å². The van der Waals surface area contributed by atoms with E-state index in [1.165, 1.54) is 0 Å². The zero-order valence-corrected chi connectivity index (χ0v) is 14.8. The molecule has 0 radical (unpaired) electrons. The molecule has 6 heteroatoms. The van der Waals surface area contributed by atoms with Gasteiger partial charge in [-0.25, -0.2) is 0 Å². The van der Waals surface area contributed by atoms with Gasteiger partial charge in [0, 0.05) is 24.1 Å². The number of carbonyl (C=O) groups is 1. The summed E-state index contributed by atoms with van der Waals surface area (Å²) in [6.45, 7) is 0.616. The van der Waals surface area contributed by atoms with Gasteiger partial charge in [0.25, 0.3) is 5.91 Å². The minimum Gasteiger partial charge on any atom is -0.497 e. The second-order valence-electron chi connectivity index (χ2n) is 5.77. The molecular weight excluding hydrogens is 340 g/mol. The number of benzene rings is 2. The fraction of sp³-hybridized carbons (Fsp3) is 0.0952. The second-order valence-corrected chi connectivity index (χ2v) is 5.77. The lowest BCUT2D eigenvalue weighted by Crippen LogP contribution is -2.14. The van der Waals surface area contributed by atoms with Crippen molar-refractivity contribution in [1.82, 2.24) is 4.98 Å². The summed E-state index contributed by atoms with van der Waals surface area (Å²) < 4.78 is 5.15. The van der Waals surface area contributed by atoms with E-state index < -0.39 is 0 Å². The number of anilines is 2. The lowest BCUT2D eigenvalue weighted by Gasteiger charge is -2.09. The van der Waals surface area contributed by atoms with E-state index in [0.717, 1.165) is 17.0 Å². The zero-order chi connectivity index (χ0) is 19.1. The van der Waals surface area contributed by atoms with Crippen molar-refractivity contribution in [1.29, 1.82) is 5.26 Å². The third-order valence-corrected chi connectivity index (χ3v) is 3.92. The number of hydrogen-bond donors (Lipinski definition) is 2. The van der Waals surface area contributed by atoms with Gasteiger partial charge in [-0.2, -0.15) is 5.26 Å². The van der Waals surface area contributed by atoms with Crippen LogP contribution in [0.25, 0.3) is 0 Å². The number of nitrogens with zero attached hydrogens (tertiary/aromatic N) is 2. The number of aromatic nitrogens is 1. The van der Waals surface area contributed by atoms with Gasteiger partial charge >= 0.3 is 0 Å². The van der Waals surface area contributed by atoms with Crippen LogP contribution in [0.4, 0.5) is 11.4 Å². The Morgan fingerprint density at radius 2 is 1.81 bits per heavy atom.